The molecule has 19 heteroatoms. The highest BCUT2D eigenvalue weighted by atomic mass is 32.2. The van der Waals surface area contributed by atoms with Gasteiger partial charge in [-0.3, -0.25) is 19.6 Å². The normalized spacial score (nSPS) is 18.5. The van der Waals surface area contributed by atoms with Gasteiger partial charge in [-0.1, -0.05) is 29.1 Å². The van der Waals surface area contributed by atoms with Gasteiger partial charge in [0.25, 0.3) is 5.91 Å². The Hall–Kier alpha value is -4.17. The molecule has 1 unspecified atom stereocenters. The molecule has 0 radical (unpaired) electrons. The second-order valence-corrected chi connectivity index (χ2v) is 11.2. The van der Waals surface area contributed by atoms with Crippen LogP contribution < -0.4 is 11.1 Å². The van der Waals surface area contributed by atoms with Crippen LogP contribution in [0.1, 0.15) is 18.5 Å². The number of nitrogens with two attached hydrogens (primary N) is 1. The quantitative estimate of drug-likeness (QED) is 0.0778. The van der Waals surface area contributed by atoms with Crippen molar-refractivity contribution in [2.75, 3.05) is 31.3 Å². The predicted molar refractivity (Wildman–Crippen MR) is 153 cm³/mol. The Labute approximate surface area is 258 Å². The Morgan fingerprint density at radius 3 is 2.48 bits per heavy atom. The van der Waals surface area contributed by atoms with Crippen molar-refractivity contribution >= 4 is 53.2 Å². The molecule has 0 spiro atoms. The van der Waals surface area contributed by atoms with Crippen LogP contribution in [-0.4, -0.2) is 119 Å². The van der Waals surface area contributed by atoms with E-state index in [9.17, 15) is 34.2 Å². The molecular weight excluding hydrogens is 624 g/mol. The number of aromatic hydroxyl groups is 1. The van der Waals surface area contributed by atoms with Crippen LogP contribution >= 0.6 is 23.5 Å². The van der Waals surface area contributed by atoms with E-state index in [2.05, 4.69) is 30.2 Å². The standard InChI is InChI=1S/C18H18N6O5S2.C7H12O6/c19-12(8-1-3-10(25)4-2-8)15(26)21-13-16(27)24-14(18(28)29)9(7-31-17(13)24)6-30-11-5-20-23-22-11;1-5(13-7(11)3-9)4-12-6(10)2-8/h1-5,12-13,17,25H,6-7,19H2,(H,21,26)(H,28,29)(H,20,22,23);5,8-9H,2-4H2,1H3/t12-,13-,17-;/m1./s1. The Morgan fingerprint density at radius 2 is 1.89 bits per heavy atom. The van der Waals surface area contributed by atoms with Crippen LogP contribution in [0.15, 0.2) is 46.8 Å². The third-order valence-corrected chi connectivity index (χ3v) is 8.27. The number of nitrogens with zero attached hydrogens (tertiary/aromatic N) is 3. The number of hydrogen-bond donors (Lipinski definition) is 7. The summed E-state index contributed by atoms with van der Waals surface area (Å²) >= 11 is 2.70. The lowest BCUT2D eigenvalue weighted by Crippen LogP contribution is -2.71. The highest BCUT2D eigenvalue weighted by molar-refractivity contribution is 8.01. The van der Waals surface area contributed by atoms with Gasteiger partial charge < -0.3 is 41.0 Å². The number of hydrogen-bond acceptors (Lipinski definition) is 15. The van der Waals surface area contributed by atoms with E-state index in [1.165, 1.54) is 59.6 Å². The fourth-order valence-electron chi connectivity index (χ4n) is 3.84. The summed E-state index contributed by atoms with van der Waals surface area (Å²) in [5.41, 5.74) is 6.99. The van der Waals surface area contributed by atoms with E-state index >= 15 is 0 Å². The van der Waals surface area contributed by atoms with Crippen molar-refractivity contribution in [1.29, 1.82) is 0 Å². The summed E-state index contributed by atoms with van der Waals surface area (Å²) in [4.78, 5) is 59.2. The minimum Gasteiger partial charge on any atom is -0.508 e. The highest BCUT2D eigenvalue weighted by Crippen LogP contribution is 2.41. The average molecular weight is 655 g/mol. The number of aliphatic hydroxyl groups is 2. The zero-order chi connectivity index (χ0) is 32.4. The molecule has 4 atom stereocenters. The van der Waals surface area contributed by atoms with Crippen molar-refractivity contribution < 1.29 is 53.9 Å². The van der Waals surface area contributed by atoms with Gasteiger partial charge in [-0.25, -0.2) is 14.4 Å². The highest BCUT2D eigenvalue weighted by Gasteiger charge is 2.54. The fourth-order valence-corrected chi connectivity index (χ4v) is 6.12. The van der Waals surface area contributed by atoms with Crippen LogP contribution in [0.5, 0.6) is 5.75 Å². The number of aromatic nitrogens is 3. The average Bonchev–Trinajstić information content (AvgIpc) is 3.54. The lowest BCUT2D eigenvalue weighted by atomic mass is 10.0. The number of carbonyl (C=O) groups is 5. The van der Waals surface area contributed by atoms with Gasteiger partial charge >= 0.3 is 17.9 Å². The number of fused-ring (bicyclic) bond motifs is 1. The molecule has 0 aliphatic carbocycles. The van der Waals surface area contributed by atoms with Gasteiger partial charge in [0, 0.05) is 11.5 Å². The number of amides is 2. The molecule has 0 saturated carbocycles. The maximum Gasteiger partial charge on any atom is 0.352 e. The topological polar surface area (TPSA) is 268 Å². The van der Waals surface area contributed by atoms with Crippen LogP contribution in [0, 0.1) is 0 Å². The van der Waals surface area contributed by atoms with Gasteiger partial charge in [-0.05, 0) is 30.2 Å². The van der Waals surface area contributed by atoms with Gasteiger partial charge in [0.05, 0.1) is 6.20 Å². The number of nitrogens with one attached hydrogen (secondary N) is 2. The van der Waals surface area contributed by atoms with E-state index in [0.717, 1.165) is 0 Å². The van der Waals surface area contributed by atoms with Crippen molar-refractivity contribution in [3.8, 4) is 5.75 Å². The first kappa shape index (κ1) is 34.3. The molecule has 1 aromatic carbocycles. The van der Waals surface area contributed by atoms with Crippen molar-refractivity contribution in [3.63, 3.8) is 0 Å². The fraction of sp³-hybridized carbons (Fsp3) is 0.400. The molecule has 238 valence electrons. The molecule has 3 heterocycles. The second kappa shape index (κ2) is 16.1. The van der Waals surface area contributed by atoms with Gasteiger partial charge in [-0.15, -0.1) is 16.9 Å². The number of ether oxygens (including phenoxy) is 2. The van der Waals surface area contributed by atoms with E-state index < -0.39 is 66.5 Å². The molecule has 44 heavy (non-hydrogen) atoms. The van der Waals surface area contributed by atoms with Crippen LogP contribution in [0.2, 0.25) is 0 Å². The number of aliphatic hydroxyl groups excluding tert-OH is 2. The number of benzene rings is 1. The molecule has 1 aromatic heterocycles. The number of aliphatic carboxylic acids is 1. The Morgan fingerprint density at radius 1 is 1.20 bits per heavy atom. The summed E-state index contributed by atoms with van der Waals surface area (Å²) in [7, 11) is 0. The summed E-state index contributed by atoms with van der Waals surface area (Å²) in [5.74, 6) is -3.02. The number of thioether (sulfide) groups is 2. The molecule has 0 bridgehead atoms. The Kier molecular flexibility index (Phi) is 12.5. The maximum absolute atomic E-state index is 12.7. The van der Waals surface area contributed by atoms with Crippen molar-refractivity contribution in [2.45, 2.75) is 35.5 Å². The molecule has 8 N–H and O–H groups in total. The summed E-state index contributed by atoms with van der Waals surface area (Å²) < 4.78 is 9.00. The molecule has 4 rings (SSSR count). The van der Waals surface area contributed by atoms with Crippen LogP contribution in [0.25, 0.3) is 0 Å². The third kappa shape index (κ3) is 8.92. The maximum atomic E-state index is 12.7. The number of H-pyrrole nitrogens is 1. The lowest BCUT2D eigenvalue weighted by Gasteiger charge is -2.49. The number of carboxylic acids is 1. The molecule has 17 nitrogen and oxygen atoms in total. The SMILES string of the molecule is CC(COC(=O)CO)OC(=O)CO.N[C@@H](C(=O)N[C@@H]1C(=O)N2C(C(=O)O)=C(CSc3c[nH]nn3)CS[C@H]12)c1ccc(O)cc1. The van der Waals surface area contributed by atoms with Crippen LogP contribution in [0.4, 0.5) is 0 Å². The number of aromatic amines is 1. The van der Waals surface area contributed by atoms with E-state index in [-0.39, 0.29) is 18.1 Å². The monoisotopic (exact) mass is 654 g/mol. The summed E-state index contributed by atoms with van der Waals surface area (Å²) in [6, 6.07) is 3.98. The zero-order valence-electron chi connectivity index (χ0n) is 23.1. The van der Waals surface area contributed by atoms with Crippen molar-refractivity contribution in [3.05, 3.63) is 47.3 Å². The largest absolute Gasteiger partial charge is 0.508 e. The number of phenols is 1. The molecule has 2 amide bonds. The lowest BCUT2D eigenvalue weighted by molar-refractivity contribution is -0.161. The number of esters is 2. The zero-order valence-corrected chi connectivity index (χ0v) is 24.7. The summed E-state index contributed by atoms with van der Waals surface area (Å²) in [6.07, 6.45) is 0.970. The second-order valence-electron chi connectivity index (χ2n) is 9.12. The number of carbonyl (C=O) groups excluding carboxylic acids is 4. The third-order valence-electron chi connectivity index (χ3n) is 5.94. The molecule has 1 saturated heterocycles. The first-order chi connectivity index (χ1) is 21.0. The minimum absolute atomic E-state index is 0.0466. The molecule has 2 aliphatic rings. The smallest absolute Gasteiger partial charge is 0.352 e. The predicted octanol–water partition coefficient (Wildman–Crippen LogP) is -1.51. The first-order valence-corrected chi connectivity index (χ1v) is 14.8. The minimum atomic E-state index is -1.19. The van der Waals surface area contributed by atoms with Gasteiger partial charge in [-0.2, -0.15) is 0 Å². The number of β-lactam (4-membered cyclic amide) rings is 1. The van der Waals surface area contributed by atoms with Crippen LogP contribution in [-0.2, 0) is 33.4 Å². The molecule has 2 aliphatic heterocycles. The summed E-state index contributed by atoms with van der Waals surface area (Å²) in [5, 5.41) is 48.4. The number of phenolic OH excluding ortho intramolecular Hbond substituents is 1. The van der Waals surface area contributed by atoms with Gasteiger partial charge in [0.1, 0.15) is 59.9 Å². The van der Waals surface area contributed by atoms with Gasteiger partial charge in [0.2, 0.25) is 5.91 Å². The van der Waals surface area contributed by atoms with Crippen LogP contribution in [0.3, 0.4) is 0 Å². The molecular formula is C25H30N6O11S2. The van der Waals surface area contributed by atoms with Gasteiger partial charge in [0.15, 0.2) is 0 Å². The number of rotatable bonds is 12. The number of carboxylic acid groups (broad SMARTS) is 1. The van der Waals surface area contributed by atoms with E-state index in [1.54, 1.807) is 6.20 Å². The van der Waals surface area contributed by atoms with E-state index in [0.29, 0.717) is 27.7 Å². The van der Waals surface area contributed by atoms with E-state index in [4.69, 9.17) is 15.9 Å². The molecule has 2 aromatic rings. The Bertz CT molecular complexity index is 1370. The summed E-state index contributed by atoms with van der Waals surface area (Å²) in [6.45, 7) is -0.0533. The van der Waals surface area contributed by atoms with Crippen molar-refractivity contribution in [1.82, 2.24) is 25.6 Å². The van der Waals surface area contributed by atoms with Crippen molar-refractivity contribution in [2.24, 2.45) is 5.73 Å². The Balaban J connectivity index is 0.000000345. The molecule has 1 fully saturated rings. The van der Waals surface area contributed by atoms with E-state index in [1.807, 2.05) is 0 Å². The first-order valence-electron chi connectivity index (χ1n) is 12.8.